The lowest BCUT2D eigenvalue weighted by molar-refractivity contribution is -0.131. The van der Waals surface area contributed by atoms with Gasteiger partial charge in [-0.05, 0) is 26.0 Å². The van der Waals surface area contributed by atoms with Gasteiger partial charge >= 0.3 is 0 Å². The highest BCUT2D eigenvalue weighted by atomic mass is 35.5. The van der Waals surface area contributed by atoms with Crippen LogP contribution in [0.1, 0.15) is 24.8 Å². The standard InChI is InChI=1S/C12H16Cl2N2OS/c1-12(2)16(11(17)10(13)14)7-9(18-12)8-5-4-6-15(8)3/h4-6,9-10H,7H2,1-3H3. The van der Waals surface area contributed by atoms with Crippen LogP contribution in [-0.4, -0.2) is 31.6 Å². The number of hydrogen-bond donors (Lipinski definition) is 0. The Morgan fingerprint density at radius 3 is 2.72 bits per heavy atom. The monoisotopic (exact) mass is 306 g/mol. The van der Waals surface area contributed by atoms with E-state index in [-0.39, 0.29) is 16.0 Å². The number of carbonyl (C=O) groups is 1. The second-order valence-electron chi connectivity index (χ2n) is 4.85. The minimum Gasteiger partial charge on any atom is -0.353 e. The Kier molecular flexibility index (Phi) is 3.90. The molecule has 2 heterocycles. The molecule has 0 radical (unpaired) electrons. The summed E-state index contributed by atoms with van der Waals surface area (Å²) in [5.41, 5.74) is 1.21. The Morgan fingerprint density at radius 1 is 1.56 bits per heavy atom. The molecule has 18 heavy (non-hydrogen) atoms. The first-order valence-electron chi connectivity index (χ1n) is 5.71. The van der Waals surface area contributed by atoms with Crippen LogP contribution in [0.2, 0.25) is 0 Å². The first-order valence-corrected chi connectivity index (χ1v) is 7.47. The predicted molar refractivity (Wildman–Crippen MR) is 77.0 cm³/mol. The van der Waals surface area contributed by atoms with Crippen molar-refractivity contribution in [3.63, 3.8) is 0 Å². The number of alkyl halides is 2. The maximum atomic E-state index is 12.0. The summed E-state index contributed by atoms with van der Waals surface area (Å²) in [4.78, 5) is 12.5. The van der Waals surface area contributed by atoms with Crippen LogP contribution in [0.25, 0.3) is 0 Å². The molecule has 0 N–H and O–H groups in total. The van der Waals surface area contributed by atoms with Gasteiger partial charge in [0.05, 0.1) is 10.1 Å². The highest BCUT2D eigenvalue weighted by molar-refractivity contribution is 8.01. The number of thioether (sulfide) groups is 1. The minimum atomic E-state index is -0.989. The number of hydrogen-bond acceptors (Lipinski definition) is 2. The van der Waals surface area contributed by atoms with Gasteiger partial charge in [0, 0.05) is 25.5 Å². The van der Waals surface area contributed by atoms with E-state index in [4.69, 9.17) is 23.2 Å². The lowest BCUT2D eigenvalue weighted by Gasteiger charge is -2.30. The van der Waals surface area contributed by atoms with Crippen molar-refractivity contribution in [3.8, 4) is 0 Å². The van der Waals surface area contributed by atoms with Crippen molar-refractivity contribution < 1.29 is 4.79 Å². The fourth-order valence-corrected chi connectivity index (χ4v) is 4.08. The Morgan fingerprint density at radius 2 is 2.22 bits per heavy atom. The van der Waals surface area contributed by atoms with E-state index in [1.807, 2.05) is 33.2 Å². The summed E-state index contributed by atoms with van der Waals surface area (Å²) in [5.74, 6) is -0.215. The number of carbonyl (C=O) groups excluding carboxylic acids is 1. The number of rotatable bonds is 2. The van der Waals surface area contributed by atoms with Gasteiger partial charge in [0.2, 0.25) is 0 Å². The third-order valence-electron chi connectivity index (χ3n) is 3.20. The summed E-state index contributed by atoms with van der Waals surface area (Å²) >= 11 is 13.2. The first-order chi connectivity index (χ1) is 8.33. The lowest BCUT2D eigenvalue weighted by atomic mass is 10.2. The third-order valence-corrected chi connectivity index (χ3v) is 5.04. The fraction of sp³-hybridized carbons (Fsp3) is 0.583. The van der Waals surface area contributed by atoms with Crippen LogP contribution >= 0.6 is 35.0 Å². The van der Waals surface area contributed by atoms with E-state index in [1.54, 1.807) is 16.7 Å². The Hall–Kier alpha value is -0.320. The predicted octanol–water partition coefficient (Wildman–Crippen LogP) is 3.18. The SMILES string of the molecule is Cn1cccc1C1CN(C(=O)C(Cl)Cl)C(C)(C)S1. The molecule has 2 rings (SSSR count). The van der Waals surface area contributed by atoms with Crippen LogP contribution in [0.4, 0.5) is 0 Å². The molecule has 0 spiro atoms. The van der Waals surface area contributed by atoms with E-state index in [0.29, 0.717) is 6.54 Å². The van der Waals surface area contributed by atoms with E-state index in [1.165, 1.54) is 5.69 Å². The molecular formula is C12H16Cl2N2OS. The highest BCUT2D eigenvalue weighted by Gasteiger charge is 2.44. The van der Waals surface area contributed by atoms with Crippen LogP contribution in [0.3, 0.4) is 0 Å². The Labute approximate surface area is 121 Å². The van der Waals surface area contributed by atoms with E-state index in [0.717, 1.165) is 0 Å². The molecule has 0 aromatic carbocycles. The summed E-state index contributed by atoms with van der Waals surface area (Å²) in [7, 11) is 2.01. The van der Waals surface area contributed by atoms with Crippen molar-refractivity contribution in [1.82, 2.24) is 9.47 Å². The second-order valence-corrected chi connectivity index (χ2v) is 7.75. The normalized spacial score (nSPS) is 22.8. The zero-order valence-corrected chi connectivity index (χ0v) is 12.9. The molecule has 1 aliphatic rings. The van der Waals surface area contributed by atoms with Crippen LogP contribution < -0.4 is 0 Å². The molecule has 6 heteroatoms. The van der Waals surface area contributed by atoms with Gasteiger partial charge in [-0.2, -0.15) is 0 Å². The van der Waals surface area contributed by atoms with Crippen molar-refractivity contribution >= 4 is 40.9 Å². The van der Waals surface area contributed by atoms with Crippen LogP contribution in [-0.2, 0) is 11.8 Å². The molecule has 3 nitrogen and oxygen atoms in total. The average Bonchev–Trinajstić information content (AvgIpc) is 2.80. The Balaban J connectivity index is 2.22. The van der Waals surface area contributed by atoms with Crippen molar-refractivity contribution in [3.05, 3.63) is 24.0 Å². The number of aromatic nitrogens is 1. The maximum Gasteiger partial charge on any atom is 0.257 e. The van der Waals surface area contributed by atoms with Crippen molar-refractivity contribution in [1.29, 1.82) is 0 Å². The van der Waals surface area contributed by atoms with Gasteiger partial charge < -0.3 is 9.47 Å². The molecule has 1 unspecified atom stereocenters. The Bertz CT molecular complexity index is 459. The van der Waals surface area contributed by atoms with Gasteiger partial charge in [0.1, 0.15) is 0 Å². The largest absolute Gasteiger partial charge is 0.353 e. The van der Waals surface area contributed by atoms with Crippen molar-refractivity contribution in [2.24, 2.45) is 7.05 Å². The lowest BCUT2D eigenvalue weighted by Crippen LogP contribution is -2.43. The zero-order valence-electron chi connectivity index (χ0n) is 10.6. The van der Waals surface area contributed by atoms with E-state index < -0.39 is 4.84 Å². The van der Waals surface area contributed by atoms with Gasteiger partial charge in [0.25, 0.3) is 5.91 Å². The topological polar surface area (TPSA) is 25.2 Å². The number of nitrogens with zero attached hydrogens (tertiary/aromatic N) is 2. The molecule has 1 amide bonds. The minimum absolute atomic E-state index is 0.215. The van der Waals surface area contributed by atoms with Crippen molar-refractivity contribution in [2.45, 2.75) is 28.8 Å². The first kappa shape index (κ1) is 14.1. The molecule has 0 bridgehead atoms. The van der Waals surface area contributed by atoms with E-state index in [2.05, 4.69) is 10.6 Å². The fourth-order valence-electron chi connectivity index (χ4n) is 2.27. The molecule has 1 aromatic heterocycles. The van der Waals surface area contributed by atoms with E-state index in [9.17, 15) is 4.79 Å². The smallest absolute Gasteiger partial charge is 0.257 e. The summed E-state index contributed by atoms with van der Waals surface area (Å²) in [6.45, 7) is 4.69. The molecule has 1 aliphatic heterocycles. The van der Waals surface area contributed by atoms with Gasteiger partial charge in [-0.15, -0.1) is 11.8 Å². The van der Waals surface area contributed by atoms with Gasteiger partial charge in [-0.25, -0.2) is 0 Å². The molecule has 1 aromatic rings. The van der Waals surface area contributed by atoms with Gasteiger partial charge in [0.15, 0.2) is 4.84 Å². The highest BCUT2D eigenvalue weighted by Crippen LogP contribution is 2.48. The molecule has 1 fully saturated rings. The summed E-state index contributed by atoms with van der Waals surface area (Å²) in [6, 6.07) is 4.10. The summed E-state index contributed by atoms with van der Waals surface area (Å²) in [5, 5.41) is 0.260. The molecule has 1 atom stereocenters. The molecular weight excluding hydrogens is 291 g/mol. The van der Waals surface area contributed by atoms with Crippen LogP contribution in [0, 0.1) is 0 Å². The second kappa shape index (κ2) is 4.99. The summed E-state index contributed by atoms with van der Waals surface area (Å²) in [6.07, 6.45) is 2.01. The zero-order chi connectivity index (χ0) is 13.5. The number of amides is 1. The third kappa shape index (κ3) is 2.51. The molecule has 0 saturated carbocycles. The summed E-state index contributed by atoms with van der Waals surface area (Å²) < 4.78 is 2.08. The van der Waals surface area contributed by atoms with E-state index >= 15 is 0 Å². The number of aryl methyl sites for hydroxylation is 1. The van der Waals surface area contributed by atoms with Crippen LogP contribution in [0.5, 0.6) is 0 Å². The average molecular weight is 307 g/mol. The van der Waals surface area contributed by atoms with Crippen molar-refractivity contribution in [2.75, 3.05) is 6.54 Å². The molecule has 100 valence electrons. The van der Waals surface area contributed by atoms with Gasteiger partial charge in [-0.1, -0.05) is 23.2 Å². The maximum absolute atomic E-state index is 12.0. The number of halogens is 2. The molecule has 0 aliphatic carbocycles. The molecule has 1 saturated heterocycles. The van der Waals surface area contributed by atoms with Gasteiger partial charge in [-0.3, -0.25) is 4.79 Å². The quantitative estimate of drug-likeness (QED) is 0.784. The van der Waals surface area contributed by atoms with Crippen LogP contribution in [0.15, 0.2) is 18.3 Å².